The second-order valence-corrected chi connectivity index (χ2v) is 6.59. The molecule has 4 heteroatoms. The first-order valence-electron chi connectivity index (χ1n) is 8.65. The van der Waals surface area contributed by atoms with Gasteiger partial charge in [0.2, 0.25) is 0 Å². The van der Waals surface area contributed by atoms with Gasteiger partial charge in [0.25, 0.3) is 0 Å². The topological polar surface area (TPSA) is 33.1 Å². The summed E-state index contributed by atoms with van der Waals surface area (Å²) in [6, 6.07) is 3.99. The van der Waals surface area contributed by atoms with Crippen molar-refractivity contribution < 1.29 is 0 Å². The van der Waals surface area contributed by atoms with Crippen LogP contribution in [0.2, 0.25) is 0 Å². The summed E-state index contributed by atoms with van der Waals surface area (Å²) in [6.07, 6.45) is 7.10. The van der Waals surface area contributed by atoms with Gasteiger partial charge in [-0.2, -0.15) is 5.10 Å². The Labute approximate surface area is 129 Å². The maximum atomic E-state index is 4.80. The summed E-state index contributed by atoms with van der Waals surface area (Å²) >= 11 is 0. The van der Waals surface area contributed by atoms with Gasteiger partial charge in [-0.05, 0) is 38.3 Å². The summed E-state index contributed by atoms with van der Waals surface area (Å²) in [7, 11) is 0. The van der Waals surface area contributed by atoms with Gasteiger partial charge in [-0.1, -0.05) is 27.7 Å². The molecule has 0 saturated carbocycles. The van der Waals surface area contributed by atoms with Gasteiger partial charge in [-0.25, -0.2) is 0 Å². The van der Waals surface area contributed by atoms with Gasteiger partial charge >= 0.3 is 0 Å². The molecule has 1 aromatic heterocycles. The first kappa shape index (κ1) is 16.5. The van der Waals surface area contributed by atoms with E-state index in [1.54, 1.807) is 0 Å². The van der Waals surface area contributed by atoms with E-state index in [4.69, 9.17) is 5.10 Å². The molecule has 0 radical (unpaired) electrons. The first-order chi connectivity index (χ1) is 10.1. The third kappa shape index (κ3) is 4.55. The fraction of sp³-hybridized carbons (Fsp3) is 0.824. The van der Waals surface area contributed by atoms with Crippen LogP contribution in [0.3, 0.4) is 0 Å². The van der Waals surface area contributed by atoms with Crippen LogP contribution in [-0.4, -0.2) is 39.9 Å². The molecule has 0 aromatic carbocycles. The van der Waals surface area contributed by atoms with Crippen LogP contribution in [0.5, 0.6) is 0 Å². The molecule has 1 aliphatic heterocycles. The van der Waals surface area contributed by atoms with Crippen molar-refractivity contribution in [3.63, 3.8) is 0 Å². The smallest absolute Gasteiger partial charge is 0.0765 e. The van der Waals surface area contributed by atoms with E-state index in [9.17, 15) is 0 Å². The molecule has 2 heterocycles. The molecular weight excluding hydrogens is 260 g/mol. The predicted molar refractivity (Wildman–Crippen MR) is 88.4 cm³/mol. The average molecular weight is 292 g/mol. The van der Waals surface area contributed by atoms with E-state index in [-0.39, 0.29) is 0 Å². The van der Waals surface area contributed by atoms with Crippen LogP contribution < -0.4 is 5.32 Å². The highest BCUT2D eigenvalue weighted by Gasteiger charge is 2.25. The molecule has 120 valence electrons. The highest BCUT2D eigenvalue weighted by molar-refractivity contribution is 5.01. The summed E-state index contributed by atoms with van der Waals surface area (Å²) < 4.78 is 2.16. The normalized spacial score (nSPS) is 20.0. The molecule has 1 aromatic rings. The number of aromatic nitrogens is 2. The zero-order valence-corrected chi connectivity index (χ0v) is 14.2. The highest BCUT2D eigenvalue weighted by atomic mass is 15.3. The third-order valence-electron chi connectivity index (χ3n) is 4.61. The van der Waals surface area contributed by atoms with Crippen molar-refractivity contribution in [3.8, 4) is 0 Å². The van der Waals surface area contributed by atoms with Crippen molar-refractivity contribution in [2.45, 2.75) is 78.0 Å². The molecule has 0 spiro atoms. The van der Waals surface area contributed by atoms with Crippen molar-refractivity contribution in [1.29, 1.82) is 0 Å². The first-order valence-corrected chi connectivity index (χ1v) is 8.65. The number of hydrogen-bond donors (Lipinski definition) is 1. The maximum absolute atomic E-state index is 4.80. The van der Waals surface area contributed by atoms with Gasteiger partial charge in [0.1, 0.15) is 0 Å². The summed E-state index contributed by atoms with van der Waals surface area (Å²) in [5, 5.41) is 8.38. The summed E-state index contributed by atoms with van der Waals surface area (Å²) in [5.74, 6) is 0. The molecule has 2 rings (SSSR count). The molecule has 1 N–H and O–H groups in total. The van der Waals surface area contributed by atoms with E-state index in [0.717, 1.165) is 25.9 Å². The molecule has 0 aliphatic carbocycles. The van der Waals surface area contributed by atoms with Crippen molar-refractivity contribution >= 4 is 0 Å². The highest BCUT2D eigenvalue weighted by Crippen LogP contribution is 2.20. The third-order valence-corrected chi connectivity index (χ3v) is 4.61. The van der Waals surface area contributed by atoms with Crippen LogP contribution in [0.25, 0.3) is 0 Å². The van der Waals surface area contributed by atoms with Crippen molar-refractivity contribution in [3.05, 3.63) is 18.0 Å². The van der Waals surface area contributed by atoms with Gasteiger partial charge in [0.15, 0.2) is 0 Å². The Balaban J connectivity index is 1.91. The summed E-state index contributed by atoms with van der Waals surface area (Å²) in [6.45, 7) is 12.2. The predicted octanol–water partition coefficient (Wildman–Crippen LogP) is 3.21. The van der Waals surface area contributed by atoms with E-state index in [2.05, 4.69) is 54.9 Å². The largest absolute Gasteiger partial charge is 0.313 e. The quantitative estimate of drug-likeness (QED) is 0.798. The second kappa shape index (κ2) is 7.95. The van der Waals surface area contributed by atoms with Crippen molar-refractivity contribution in [1.82, 2.24) is 20.0 Å². The second-order valence-electron chi connectivity index (χ2n) is 6.59. The van der Waals surface area contributed by atoms with Crippen LogP contribution in [0.1, 0.15) is 65.1 Å². The van der Waals surface area contributed by atoms with E-state index in [1.807, 2.05) is 0 Å². The molecule has 0 amide bonds. The zero-order chi connectivity index (χ0) is 15.2. The number of nitrogens with one attached hydrogen (secondary N) is 1. The molecule has 1 atom stereocenters. The molecule has 1 fully saturated rings. The molecule has 1 unspecified atom stereocenters. The Morgan fingerprint density at radius 3 is 2.76 bits per heavy atom. The van der Waals surface area contributed by atoms with Crippen LogP contribution >= 0.6 is 0 Å². The van der Waals surface area contributed by atoms with E-state index < -0.39 is 0 Å². The lowest BCUT2D eigenvalue weighted by molar-refractivity contribution is 0.232. The Morgan fingerprint density at radius 1 is 1.33 bits per heavy atom. The van der Waals surface area contributed by atoms with Gasteiger partial charge < -0.3 is 5.32 Å². The number of nitrogens with zero attached hydrogens (tertiary/aromatic N) is 3. The zero-order valence-electron chi connectivity index (χ0n) is 14.2. The lowest BCUT2D eigenvalue weighted by Crippen LogP contribution is -2.39. The lowest BCUT2D eigenvalue weighted by atomic mass is 10.2. The fourth-order valence-electron chi connectivity index (χ4n) is 3.24. The summed E-state index contributed by atoms with van der Waals surface area (Å²) in [5.41, 5.74) is 1.22. The maximum Gasteiger partial charge on any atom is 0.0765 e. The monoisotopic (exact) mass is 292 g/mol. The van der Waals surface area contributed by atoms with Crippen molar-refractivity contribution in [2.75, 3.05) is 13.1 Å². The summed E-state index contributed by atoms with van der Waals surface area (Å²) in [4.78, 5) is 2.59. The van der Waals surface area contributed by atoms with E-state index >= 15 is 0 Å². The standard InChI is InChI=1S/C17H32N4/c1-5-16(6-2)21-11-9-15(19-21)13-20-10-7-8-17(20)12-18-14(3)4/h9,11,14,16-18H,5-8,10,12-13H2,1-4H3. The molecule has 0 bridgehead atoms. The molecule has 1 aliphatic rings. The minimum atomic E-state index is 0.552. The molecule has 1 saturated heterocycles. The Morgan fingerprint density at radius 2 is 2.10 bits per heavy atom. The molecule has 4 nitrogen and oxygen atoms in total. The van der Waals surface area contributed by atoms with Gasteiger partial charge in [0, 0.05) is 31.4 Å². The SMILES string of the molecule is CCC(CC)n1ccc(CN2CCCC2CNC(C)C)n1. The Kier molecular flexibility index (Phi) is 6.24. The van der Waals surface area contributed by atoms with Crippen molar-refractivity contribution in [2.24, 2.45) is 0 Å². The van der Waals surface area contributed by atoms with Crippen LogP contribution in [0.15, 0.2) is 12.3 Å². The van der Waals surface area contributed by atoms with Gasteiger partial charge in [-0.3, -0.25) is 9.58 Å². The number of rotatable bonds is 8. The van der Waals surface area contributed by atoms with E-state index in [1.165, 1.54) is 25.1 Å². The lowest BCUT2D eigenvalue weighted by Gasteiger charge is -2.25. The van der Waals surface area contributed by atoms with Crippen LogP contribution in [0.4, 0.5) is 0 Å². The minimum Gasteiger partial charge on any atom is -0.313 e. The minimum absolute atomic E-state index is 0.552. The Bertz CT molecular complexity index is 409. The Hall–Kier alpha value is -0.870. The molecular formula is C17H32N4. The van der Waals surface area contributed by atoms with Gasteiger partial charge in [0.05, 0.1) is 11.7 Å². The number of hydrogen-bond acceptors (Lipinski definition) is 3. The average Bonchev–Trinajstić information content (AvgIpc) is 3.08. The van der Waals surface area contributed by atoms with Crippen LogP contribution in [0, 0.1) is 0 Å². The van der Waals surface area contributed by atoms with Gasteiger partial charge in [-0.15, -0.1) is 0 Å². The van der Waals surface area contributed by atoms with E-state index in [0.29, 0.717) is 18.1 Å². The number of likely N-dealkylation sites (tertiary alicyclic amines) is 1. The fourth-order valence-corrected chi connectivity index (χ4v) is 3.24. The van der Waals surface area contributed by atoms with Crippen LogP contribution in [-0.2, 0) is 6.54 Å². The molecule has 21 heavy (non-hydrogen) atoms.